The molecule has 0 aliphatic carbocycles. The third kappa shape index (κ3) is 2.50. The predicted octanol–water partition coefficient (Wildman–Crippen LogP) is 1.33. The van der Waals surface area contributed by atoms with Crippen LogP contribution in [0.5, 0.6) is 0 Å². The number of hydrogen-bond donors (Lipinski definition) is 1. The summed E-state index contributed by atoms with van der Waals surface area (Å²) in [5.74, 6) is -0.305. The molecule has 0 radical (unpaired) electrons. The average Bonchev–Trinajstić information content (AvgIpc) is 2.53. The Kier molecular flexibility index (Phi) is 3.54. The van der Waals surface area contributed by atoms with Crippen molar-refractivity contribution < 1.29 is 4.79 Å². The van der Waals surface area contributed by atoms with E-state index in [9.17, 15) is 4.79 Å². The number of rotatable bonds is 3. The topological polar surface area (TPSA) is 78.7 Å². The molecule has 0 saturated heterocycles. The van der Waals surface area contributed by atoms with Crippen molar-refractivity contribution in [2.45, 2.75) is 20.3 Å². The molecule has 0 spiro atoms. The van der Waals surface area contributed by atoms with E-state index >= 15 is 0 Å². The molecule has 0 aromatic carbocycles. The summed E-state index contributed by atoms with van der Waals surface area (Å²) in [5, 5.41) is 11.6. The van der Waals surface area contributed by atoms with Gasteiger partial charge in [-0.2, -0.15) is 9.64 Å². The SMILES string of the molecule is CCC(C#N)C(=O)Nc1nc(C)ns1. The lowest BCUT2D eigenvalue weighted by molar-refractivity contribution is -0.118. The monoisotopic (exact) mass is 210 g/mol. The van der Waals surface area contributed by atoms with Crippen LogP contribution in [0.1, 0.15) is 19.2 Å². The van der Waals surface area contributed by atoms with Crippen LogP contribution in [0.3, 0.4) is 0 Å². The molecule has 0 bridgehead atoms. The summed E-state index contributed by atoms with van der Waals surface area (Å²) in [6.45, 7) is 3.53. The molecule has 1 rings (SSSR count). The van der Waals surface area contributed by atoms with E-state index in [1.54, 1.807) is 13.8 Å². The van der Waals surface area contributed by atoms with E-state index in [-0.39, 0.29) is 5.91 Å². The van der Waals surface area contributed by atoms with Crippen molar-refractivity contribution in [3.8, 4) is 6.07 Å². The molecule has 0 fully saturated rings. The van der Waals surface area contributed by atoms with E-state index in [1.165, 1.54) is 0 Å². The van der Waals surface area contributed by atoms with Gasteiger partial charge in [0.25, 0.3) is 0 Å². The summed E-state index contributed by atoms with van der Waals surface area (Å²) in [5.41, 5.74) is 0. The zero-order valence-electron chi connectivity index (χ0n) is 7.94. The van der Waals surface area contributed by atoms with Crippen LogP contribution in [0.2, 0.25) is 0 Å². The molecule has 5 nitrogen and oxygen atoms in total. The van der Waals surface area contributed by atoms with E-state index in [1.807, 2.05) is 6.07 Å². The highest BCUT2D eigenvalue weighted by atomic mass is 32.1. The highest BCUT2D eigenvalue weighted by Crippen LogP contribution is 2.12. The molecule has 14 heavy (non-hydrogen) atoms. The van der Waals surface area contributed by atoms with Crippen LogP contribution in [-0.2, 0) is 4.79 Å². The fourth-order valence-corrected chi connectivity index (χ4v) is 1.45. The molecule has 6 heteroatoms. The Hall–Kier alpha value is -1.48. The normalized spacial score (nSPS) is 11.8. The highest BCUT2D eigenvalue weighted by Gasteiger charge is 2.16. The Labute approximate surface area is 85.9 Å². The minimum absolute atomic E-state index is 0.314. The molecule has 1 aromatic rings. The number of hydrogen-bond acceptors (Lipinski definition) is 5. The van der Waals surface area contributed by atoms with Gasteiger partial charge in [0, 0.05) is 11.5 Å². The number of aromatic nitrogens is 2. The summed E-state index contributed by atoms with van der Waals surface area (Å²) in [6.07, 6.45) is 0.500. The number of carbonyl (C=O) groups is 1. The van der Waals surface area contributed by atoms with Crippen LogP contribution in [-0.4, -0.2) is 15.3 Å². The maximum absolute atomic E-state index is 11.4. The van der Waals surface area contributed by atoms with Gasteiger partial charge >= 0.3 is 0 Å². The number of carbonyl (C=O) groups excluding carboxylic acids is 1. The minimum Gasteiger partial charge on any atom is -0.300 e. The maximum Gasteiger partial charge on any atom is 0.243 e. The minimum atomic E-state index is -0.612. The van der Waals surface area contributed by atoms with Crippen molar-refractivity contribution >= 4 is 22.6 Å². The molecule has 1 amide bonds. The quantitative estimate of drug-likeness (QED) is 0.816. The van der Waals surface area contributed by atoms with E-state index in [4.69, 9.17) is 5.26 Å². The largest absolute Gasteiger partial charge is 0.300 e. The zero-order chi connectivity index (χ0) is 10.6. The van der Waals surface area contributed by atoms with Gasteiger partial charge in [0.15, 0.2) is 0 Å². The van der Waals surface area contributed by atoms with Gasteiger partial charge in [-0.15, -0.1) is 0 Å². The van der Waals surface area contributed by atoms with Crippen molar-refractivity contribution in [2.75, 3.05) is 5.32 Å². The first-order valence-electron chi connectivity index (χ1n) is 4.18. The van der Waals surface area contributed by atoms with Crippen LogP contribution < -0.4 is 5.32 Å². The summed E-state index contributed by atoms with van der Waals surface area (Å²) in [7, 11) is 0. The third-order valence-corrected chi connectivity index (χ3v) is 2.36. The molecule has 1 N–H and O–H groups in total. The second-order valence-corrected chi connectivity index (χ2v) is 3.48. The molecule has 1 atom stereocenters. The Morgan fingerprint density at radius 1 is 1.79 bits per heavy atom. The van der Waals surface area contributed by atoms with Gasteiger partial charge in [0.1, 0.15) is 11.7 Å². The molecule has 74 valence electrons. The Bertz CT molecular complexity index is 368. The molecule has 1 unspecified atom stereocenters. The first kappa shape index (κ1) is 10.6. The van der Waals surface area contributed by atoms with E-state index < -0.39 is 5.92 Å². The molecule has 0 aliphatic rings. The lowest BCUT2D eigenvalue weighted by Gasteiger charge is -2.03. The fraction of sp³-hybridized carbons (Fsp3) is 0.500. The number of nitrogens with zero attached hydrogens (tertiary/aromatic N) is 3. The smallest absolute Gasteiger partial charge is 0.243 e. The van der Waals surface area contributed by atoms with E-state index in [2.05, 4.69) is 14.7 Å². The standard InChI is InChI=1S/C8H10N4OS/c1-3-6(4-9)7(13)11-8-10-5(2)12-14-8/h6H,3H2,1-2H3,(H,10,11,12,13). The molecular weight excluding hydrogens is 200 g/mol. The molecule has 1 aromatic heterocycles. The number of aryl methyl sites for hydroxylation is 1. The number of nitrogens with one attached hydrogen (secondary N) is 1. The molecule has 1 heterocycles. The van der Waals surface area contributed by atoms with Crippen LogP contribution in [0, 0.1) is 24.2 Å². The van der Waals surface area contributed by atoms with Crippen molar-refractivity contribution in [2.24, 2.45) is 5.92 Å². The van der Waals surface area contributed by atoms with Crippen molar-refractivity contribution in [3.63, 3.8) is 0 Å². The lowest BCUT2D eigenvalue weighted by Crippen LogP contribution is -2.20. The Balaban J connectivity index is 2.62. The van der Waals surface area contributed by atoms with Gasteiger partial charge in [-0.3, -0.25) is 10.1 Å². The predicted molar refractivity (Wildman–Crippen MR) is 52.7 cm³/mol. The number of nitriles is 1. The van der Waals surface area contributed by atoms with Crippen LogP contribution >= 0.6 is 11.5 Å². The Morgan fingerprint density at radius 3 is 2.93 bits per heavy atom. The van der Waals surface area contributed by atoms with Gasteiger partial charge in [-0.1, -0.05) is 6.92 Å². The van der Waals surface area contributed by atoms with Gasteiger partial charge in [-0.05, 0) is 13.3 Å². The van der Waals surface area contributed by atoms with E-state index in [0.717, 1.165) is 11.5 Å². The maximum atomic E-state index is 11.4. The fourth-order valence-electron chi connectivity index (χ4n) is 0.876. The summed E-state index contributed by atoms with van der Waals surface area (Å²) < 4.78 is 3.91. The van der Waals surface area contributed by atoms with Crippen molar-refractivity contribution in [3.05, 3.63) is 5.82 Å². The van der Waals surface area contributed by atoms with E-state index in [0.29, 0.717) is 17.4 Å². The van der Waals surface area contributed by atoms with Gasteiger partial charge < -0.3 is 0 Å². The van der Waals surface area contributed by atoms with Gasteiger partial charge in [0.05, 0.1) is 6.07 Å². The summed E-state index contributed by atoms with van der Waals surface area (Å²) in [6, 6.07) is 1.92. The molecular formula is C8H10N4OS. The molecule has 0 saturated carbocycles. The van der Waals surface area contributed by atoms with Crippen LogP contribution in [0.25, 0.3) is 0 Å². The van der Waals surface area contributed by atoms with Crippen molar-refractivity contribution in [1.29, 1.82) is 5.26 Å². The summed E-state index contributed by atoms with van der Waals surface area (Å²) in [4.78, 5) is 15.4. The van der Waals surface area contributed by atoms with Gasteiger partial charge in [0.2, 0.25) is 11.0 Å². The summed E-state index contributed by atoms with van der Waals surface area (Å²) >= 11 is 1.11. The Morgan fingerprint density at radius 2 is 2.50 bits per heavy atom. The first-order chi connectivity index (χ1) is 6.67. The molecule has 0 aliphatic heterocycles. The van der Waals surface area contributed by atoms with Crippen LogP contribution in [0.4, 0.5) is 5.13 Å². The van der Waals surface area contributed by atoms with Crippen LogP contribution in [0.15, 0.2) is 0 Å². The van der Waals surface area contributed by atoms with Gasteiger partial charge in [-0.25, -0.2) is 4.98 Å². The number of anilines is 1. The lowest BCUT2D eigenvalue weighted by atomic mass is 10.1. The zero-order valence-corrected chi connectivity index (χ0v) is 8.76. The second-order valence-electron chi connectivity index (χ2n) is 2.73. The average molecular weight is 210 g/mol. The number of amides is 1. The third-order valence-electron chi connectivity index (χ3n) is 1.64. The first-order valence-corrected chi connectivity index (χ1v) is 4.95. The highest BCUT2D eigenvalue weighted by molar-refractivity contribution is 7.09. The second kappa shape index (κ2) is 4.67. The van der Waals surface area contributed by atoms with Crippen molar-refractivity contribution in [1.82, 2.24) is 9.36 Å².